The molecule has 0 aliphatic carbocycles. The maximum absolute atomic E-state index is 13.2. The predicted molar refractivity (Wildman–Crippen MR) is 77.6 cm³/mol. The number of nitrogens with one attached hydrogen (secondary N) is 1. The average molecular weight is 340 g/mol. The molecule has 0 atom stereocenters. The summed E-state index contributed by atoms with van der Waals surface area (Å²) in [7, 11) is 0. The summed E-state index contributed by atoms with van der Waals surface area (Å²) in [5, 5.41) is 12.3. The molecule has 2 nitrogen and oxygen atoms in total. The van der Waals surface area contributed by atoms with Crippen molar-refractivity contribution in [2.24, 2.45) is 0 Å². The fraction of sp³-hybridized carbons (Fsp3) is 0.0714. The first-order valence-electron chi connectivity index (χ1n) is 5.47. The van der Waals surface area contributed by atoms with Gasteiger partial charge >= 0.3 is 0 Å². The molecule has 0 spiro atoms. The highest BCUT2D eigenvalue weighted by molar-refractivity contribution is 9.10. The van der Waals surface area contributed by atoms with Crippen molar-refractivity contribution in [3.8, 4) is 6.07 Å². The quantitative estimate of drug-likeness (QED) is 0.878. The van der Waals surface area contributed by atoms with Crippen molar-refractivity contribution >= 4 is 33.2 Å². The van der Waals surface area contributed by atoms with E-state index in [0.717, 1.165) is 11.3 Å². The minimum absolute atomic E-state index is 0.288. The van der Waals surface area contributed by atoms with Gasteiger partial charge in [0.05, 0.1) is 10.6 Å². The zero-order valence-electron chi connectivity index (χ0n) is 9.75. The third kappa shape index (κ3) is 3.69. The van der Waals surface area contributed by atoms with Crippen molar-refractivity contribution in [1.82, 2.24) is 0 Å². The van der Waals surface area contributed by atoms with Gasteiger partial charge in [-0.05, 0) is 42.0 Å². The van der Waals surface area contributed by atoms with Crippen molar-refractivity contribution in [3.05, 3.63) is 62.8 Å². The normalized spacial score (nSPS) is 10.0. The number of anilines is 1. The second kappa shape index (κ2) is 6.05. The Morgan fingerprint density at radius 2 is 2.05 bits per heavy atom. The standard InChI is InChI=1S/C14H9BrClFN2/c15-11-3-9(4-12(17)5-11)8-19-13-2-1-10(7-18)14(16)6-13/h1-6,19H,8H2. The van der Waals surface area contributed by atoms with E-state index in [1.54, 1.807) is 18.2 Å². The highest BCUT2D eigenvalue weighted by atomic mass is 79.9. The Labute approximate surface area is 123 Å². The van der Waals surface area contributed by atoms with Gasteiger partial charge in [0, 0.05) is 16.7 Å². The predicted octanol–water partition coefficient (Wildman–Crippen LogP) is 4.73. The summed E-state index contributed by atoms with van der Waals surface area (Å²) in [6.07, 6.45) is 0. The Morgan fingerprint density at radius 3 is 2.68 bits per heavy atom. The molecule has 0 heterocycles. The number of rotatable bonds is 3. The largest absolute Gasteiger partial charge is 0.381 e. The molecule has 0 unspecified atom stereocenters. The summed E-state index contributed by atoms with van der Waals surface area (Å²) < 4.78 is 13.9. The van der Waals surface area contributed by atoms with Crippen molar-refractivity contribution in [1.29, 1.82) is 5.26 Å². The first-order chi connectivity index (χ1) is 9.08. The van der Waals surface area contributed by atoms with E-state index < -0.39 is 0 Å². The molecule has 96 valence electrons. The molecule has 2 rings (SSSR count). The molecule has 0 radical (unpaired) electrons. The van der Waals surface area contributed by atoms with E-state index in [1.807, 2.05) is 12.1 Å². The van der Waals surface area contributed by atoms with Crippen LogP contribution in [0.3, 0.4) is 0 Å². The van der Waals surface area contributed by atoms with Gasteiger partial charge in [0.1, 0.15) is 11.9 Å². The van der Waals surface area contributed by atoms with E-state index in [4.69, 9.17) is 16.9 Å². The lowest BCUT2D eigenvalue weighted by atomic mass is 10.2. The zero-order chi connectivity index (χ0) is 13.8. The Morgan fingerprint density at radius 1 is 1.26 bits per heavy atom. The lowest BCUT2D eigenvalue weighted by Gasteiger charge is -2.08. The molecule has 19 heavy (non-hydrogen) atoms. The van der Waals surface area contributed by atoms with Crippen LogP contribution in [0.4, 0.5) is 10.1 Å². The van der Waals surface area contributed by atoms with Gasteiger partial charge in [0.25, 0.3) is 0 Å². The monoisotopic (exact) mass is 338 g/mol. The zero-order valence-corrected chi connectivity index (χ0v) is 12.1. The first-order valence-corrected chi connectivity index (χ1v) is 6.64. The van der Waals surface area contributed by atoms with Crippen LogP contribution in [0.15, 0.2) is 40.9 Å². The lowest BCUT2D eigenvalue weighted by molar-refractivity contribution is 0.625. The van der Waals surface area contributed by atoms with Crippen LogP contribution < -0.4 is 5.32 Å². The van der Waals surface area contributed by atoms with Gasteiger partial charge in [-0.15, -0.1) is 0 Å². The van der Waals surface area contributed by atoms with Gasteiger partial charge in [0.15, 0.2) is 0 Å². The van der Waals surface area contributed by atoms with Gasteiger partial charge in [-0.25, -0.2) is 4.39 Å². The highest BCUT2D eigenvalue weighted by Crippen LogP contribution is 2.21. The van der Waals surface area contributed by atoms with Crippen molar-refractivity contribution in [2.75, 3.05) is 5.32 Å². The third-order valence-corrected chi connectivity index (χ3v) is 3.28. The third-order valence-electron chi connectivity index (χ3n) is 2.51. The summed E-state index contributed by atoms with van der Waals surface area (Å²) in [6.45, 7) is 0.471. The van der Waals surface area contributed by atoms with Crippen LogP contribution in [0.5, 0.6) is 0 Å². The minimum atomic E-state index is -0.288. The van der Waals surface area contributed by atoms with Gasteiger partial charge in [0.2, 0.25) is 0 Å². The minimum Gasteiger partial charge on any atom is -0.381 e. The van der Waals surface area contributed by atoms with Crippen molar-refractivity contribution < 1.29 is 4.39 Å². The molecule has 5 heteroatoms. The van der Waals surface area contributed by atoms with Gasteiger partial charge in [-0.3, -0.25) is 0 Å². The van der Waals surface area contributed by atoms with Crippen LogP contribution in [-0.2, 0) is 6.54 Å². The van der Waals surface area contributed by atoms with E-state index in [2.05, 4.69) is 21.2 Å². The van der Waals surface area contributed by atoms with E-state index in [1.165, 1.54) is 12.1 Å². The first kappa shape index (κ1) is 13.9. The van der Waals surface area contributed by atoms with Crippen LogP contribution in [0.2, 0.25) is 5.02 Å². The van der Waals surface area contributed by atoms with Crippen molar-refractivity contribution in [3.63, 3.8) is 0 Å². The Kier molecular flexibility index (Phi) is 4.41. The number of nitrogens with zero attached hydrogens (tertiary/aromatic N) is 1. The second-order valence-electron chi connectivity index (χ2n) is 3.94. The van der Waals surface area contributed by atoms with E-state index in [0.29, 0.717) is 21.6 Å². The molecule has 0 saturated heterocycles. The summed E-state index contributed by atoms with van der Waals surface area (Å²) in [5.74, 6) is -0.288. The Balaban J connectivity index is 2.10. The van der Waals surface area contributed by atoms with Crippen LogP contribution in [-0.4, -0.2) is 0 Å². The molecule has 2 aromatic carbocycles. The molecule has 0 fully saturated rings. The molecular weight excluding hydrogens is 331 g/mol. The Bertz CT molecular complexity index is 632. The molecular formula is C14H9BrClFN2. The van der Waals surface area contributed by atoms with Gasteiger partial charge in [-0.1, -0.05) is 27.5 Å². The Hall–Kier alpha value is -1.57. The summed E-state index contributed by atoms with van der Waals surface area (Å²) >= 11 is 9.18. The smallest absolute Gasteiger partial charge is 0.124 e. The summed E-state index contributed by atoms with van der Waals surface area (Å²) in [6, 6.07) is 11.8. The average Bonchev–Trinajstić information content (AvgIpc) is 2.35. The topological polar surface area (TPSA) is 35.8 Å². The lowest BCUT2D eigenvalue weighted by Crippen LogP contribution is -2.00. The van der Waals surface area contributed by atoms with Crippen molar-refractivity contribution in [2.45, 2.75) is 6.54 Å². The summed E-state index contributed by atoms with van der Waals surface area (Å²) in [4.78, 5) is 0. The number of hydrogen-bond acceptors (Lipinski definition) is 2. The van der Waals surface area contributed by atoms with E-state index in [-0.39, 0.29) is 5.82 Å². The second-order valence-corrected chi connectivity index (χ2v) is 5.26. The molecule has 0 bridgehead atoms. The maximum atomic E-state index is 13.2. The number of nitriles is 1. The van der Waals surface area contributed by atoms with Crippen LogP contribution >= 0.6 is 27.5 Å². The molecule has 0 aliphatic heterocycles. The van der Waals surface area contributed by atoms with Crippen LogP contribution in [0.25, 0.3) is 0 Å². The van der Waals surface area contributed by atoms with Gasteiger partial charge in [-0.2, -0.15) is 5.26 Å². The number of benzene rings is 2. The fourth-order valence-electron chi connectivity index (χ4n) is 1.63. The number of hydrogen-bond donors (Lipinski definition) is 1. The molecule has 1 N–H and O–H groups in total. The molecule has 2 aromatic rings. The fourth-order valence-corrected chi connectivity index (χ4v) is 2.37. The molecule has 0 aliphatic rings. The van der Waals surface area contributed by atoms with E-state index in [9.17, 15) is 4.39 Å². The maximum Gasteiger partial charge on any atom is 0.124 e. The summed E-state index contributed by atoms with van der Waals surface area (Å²) in [5.41, 5.74) is 2.03. The highest BCUT2D eigenvalue weighted by Gasteiger charge is 2.02. The van der Waals surface area contributed by atoms with Crippen LogP contribution in [0.1, 0.15) is 11.1 Å². The molecule has 0 saturated carbocycles. The van der Waals surface area contributed by atoms with Gasteiger partial charge < -0.3 is 5.32 Å². The van der Waals surface area contributed by atoms with E-state index >= 15 is 0 Å². The SMILES string of the molecule is N#Cc1ccc(NCc2cc(F)cc(Br)c2)cc1Cl. The molecule has 0 amide bonds. The number of halogens is 3. The van der Waals surface area contributed by atoms with Crippen LogP contribution in [0, 0.1) is 17.1 Å². The molecule has 0 aromatic heterocycles.